The van der Waals surface area contributed by atoms with Gasteiger partial charge in [-0.15, -0.1) is 0 Å². The number of hydrogen-bond acceptors (Lipinski definition) is 2. The van der Waals surface area contributed by atoms with E-state index >= 15 is 0 Å². The summed E-state index contributed by atoms with van der Waals surface area (Å²) in [6.45, 7) is 2.30. The van der Waals surface area contributed by atoms with Crippen LogP contribution in [0.4, 0.5) is 0 Å². The fourth-order valence-corrected chi connectivity index (χ4v) is 0.866. The van der Waals surface area contributed by atoms with Gasteiger partial charge in [0.25, 0.3) is 0 Å². The van der Waals surface area contributed by atoms with Crippen LogP contribution >= 0.6 is 15.9 Å². The maximum atomic E-state index is 11.0. The van der Waals surface area contributed by atoms with Crippen LogP contribution < -0.4 is 5.32 Å². The van der Waals surface area contributed by atoms with Gasteiger partial charge in [0, 0.05) is 18.3 Å². The highest BCUT2D eigenvalue weighted by Gasteiger charge is 2.07. The van der Waals surface area contributed by atoms with E-state index in [1.165, 1.54) is 0 Å². The Labute approximate surface area is 78.9 Å². The number of nitrogens with zero attached hydrogens (tertiary/aromatic N) is 1. The molecular formula is C7H10BrN3O. The Morgan fingerprint density at radius 3 is 3.17 bits per heavy atom. The Bertz CT molecular complexity index is 245. The highest BCUT2D eigenvalue weighted by atomic mass is 79.9. The van der Waals surface area contributed by atoms with Crippen molar-refractivity contribution >= 4 is 21.8 Å². The lowest BCUT2D eigenvalue weighted by atomic mass is 10.3. The monoisotopic (exact) mass is 231 g/mol. The van der Waals surface area contributed by atoms with Crippen LogP contribution in [0, 0.1) is 0 Å². The number of aromatic nitrogens is 2. The number of H-pyrrole nitrogens is 1. The van der Waals surface area contributed by atoms with Crippen molar-refractivity contribution < 1.29 is 4.79 Å². The molecule has 5 heteroatoms. The first-order valence-corrected chi connectivity index (χ1v) is 4.51. The number of alkyl halides is 1. The molecule has 0 radical (unpaired) electrons. The zero-order valence-corrected chi connectivity index (χ0v) is 8.26. The number of carbonyl (C=O) groups excluding carboxylic acids is 1. The van der Waals surface area contributed by atoms with Gasteiger partial charge in [-0.3, -0.25) is 9.89 Å². The molecule has 0 saturated heterocycles. The lowest BCUT2D eigenvalue weighted by Gasteiger charge is -2.03. The average Bonchev–Trinajstić information content (AvgIpc) is 2.51. The van der Waals surface area contributed by atoms with Crippen LogP contribution in [0.2, 0.25) is 0 Å². The van der Waals surface area contributed by atoms with Crippen molar-refractivity contribution in [3.05, 3.63) is 18.0 Å². The largest absolute Gasteiger partial charge is 0.351 e. The van der Waals surface area contributed by atoms with Gasteiger partial charge in [-0.05, 0) is 6.92 Å². The normalized spacial score (nSPS) is 12.5. The smallest absolute Gasteiger partial charge is 0.233 e. The Morgan fingerprint density at radius 1 is 1.92 bits per heavy atom. The van der Waals surface area contributed by atoms with Crippen LogP contribution in [-0.2, 0) is 11.3 Å². The average molecular weight is 232 g/mol. The van der Waals surface area contributed by atoms with Crippen LogP contribution in [0.5, 0.6) is 0 Å². The molecule has 1 rings (SSSR count). The van der Waals surface area contributed by atoms with Crippen LogP contribution in [0.1, 0.15) is 12.5 Å². The highest BCUT2D eigenvalue weighted by Crippen LogP contribution is 1.98. The Balaban J connectivity index is 2.32. The molecule has 0 aliphatic rings. The summed E-state index contributed by atoms with van der Waals surface area (Å²) in [5.74, 6) is -0.0174. The van der Waals surface area contributed by atoms with Crippen molar-refractivity contribution in [2.75, 3.05) is 0 Å². The van der Waals surface area contributed by atoms with E-state index in [0.717, 1.165) is 5.56 Å². The summed E-state index contributed by atoms with van der Waals surface area (Å²) in [7, 11) is 0. The van der Waals surface area contributed by atoms with E-state index in [2.05, 4.69) is 31.4 Å². The second-order valence-electron chi connectivity index (χ2n) is 2.44. The third kappa shape index (κ3) is 2.65. The van der Waals surface area contributed by atoms with Crippen molar-refractivity contribution in [2.24, 2.45) is 0 Å². The third-order valence-corrected chi connectivity index (χ3v) is 1.80. The molecule has 1 aromatic rings. The maximum Gasteiger partial charge on any atom is 0.233 e. The number of aromatic amines is 1. The number of carbonyl (C=O) groups is 1. The number of nitrogens with one attached hydrogen (secondary N) is 2. The minimum absolute atomic E-state index is 0.0174. The van der Waals surface area contributed by atoms with E-state index in [1.807, 2.05) is 0 Å². The van der Waals surface area contributed by atoms with Crippen LogP contribution in [0.3, 0.4) is 0 Å². The molecule has 0 aliphatic carbocycles. The molecule has 12 heavy (non-hydrogen) atoms. The zero-order valence-electron chi connectivity index (χ0n) is 6.67. The summed E-state index contributed by atoms with van der Waals surface area (Å²) in [5, 5.41) is 9.17. The van der Waals surface area contributed by atoms with Gasteiger partial charge >= 0.3 is 0 Å². The molecule has 0 bridgehead atoms. The maximum absolute atomic E-state index is 11.0. The molecule has 4 nitrogen and oxygen atoms in total. The van der Waals surface area contributed by atoms with Crippen molar-refractivity contribution in [3.8, 4) is 0 Å². The molecule has 66 valence electrons. The van der Waals surface area contributed by atoms with Gasteiger partial charge in [0.1, 0.15) is 0 Å². The summed E-state index contributed by atoms with van der Waals surface area (Å²) >= 11 is 3.17. The van der Waals surface area contributed by atoms with Gasteiger partial charge in [0.05, 0.1) is 11.0 Å². The van der Waals surface area contributed by atoms with E-state index in [0.29, 0.717) is 6.54 Å². The molecule has 1 atom stereocenters. The topological polar surface area (TPSA) is 57.8 Å². The fourth-order valence-electron chi connectivity index (χ4n) is 0.704. The van der Waals surface area contributed by atoms with Crippen LogP contribution in [0.25, 0.3) is 0 Å². The van der Waals surface area contributed by atoms with Gasteiger partial charge in [-0.25, -0.2) is 0 Å². The lowest BCUT2D eigenvalue weighted by Crippen LogP contribution is -2.28. The molecule has 1 aromatic heterocycles. The molecule has 0 saturated carbocycles. The van der Waals surface area contributed by atoms with E-state index in [1.54, 1.807) is 19.3 Å². The molecular weight excluding hydrogens is 222 g/mol. The Morgan fingerprint density at radius 2 is 2.67 bits per heavy atom. The minimum Gasteiger partial charge on any atom is -0.351 e. The first kappa shape index (κ1) is 9.25. The Hall–Kier alpha value is -0.840. The molecule has 0 aliphatic heterocycles. The minimum atomic E-state index is -0.149. The summed E-state index contributed by atoms with van der Waals surface area (Å²) in [6, 6.07) is 0. The first-order chi connectivity index (χ1) is 5.70. The second kappa shape index (κ2) is 4.25. The number of hydrogen-bond donors (Lipinski definition) is 2. The van der Waals surface area contributed by atoms with E-state index in [-0.39, 0.29) is 10.7 Å². The SMILES string of the molecule is CC(Br)C(=O)NCc1cn[nH]c1. The van der Waals surface area contributed by atoms with Gasteiger partial charge in [0.15, 0.2) is 0 Å². The van der Waals surface area contributed by atoms with Gasteiger partial charge in [-0.2, -0.15) is 5.10 Å². The third-order valence-electron chi connectivity index (χ3n) is 1.38. The summed E-state index contributed by atoms with van der Waals surface area (Å²) < 4.78 is 0. The standard InChI is InChI=1S/C7H10BrN3O/c1-5(8)7(12)9-2-6-3-10-11-4-6/h3-5H,2H2,1H3,(H,9,12)(H,10,11). The van der Waals surface area contributed by atoms with Crippen LogP contribution in [0.15, 0.2) is 12.4 Å². The molecule has 0 fully saturated rings. The summed E-state index contributed by atoms with van der Waals surface area (Å²) in [4.78, 5) is 10.9. The molecule has 2 N–H and O–H groups in total. The molecule has 1 heterocycles. The Kier molecular flexibility index (Phi) is 3.28. The predicted molar refractivity (Wildman–Crippen MR) is 48.8 cm³/mol. The van der Waals surface area contributed by atoms with Crippen molar-refractivity contribution in [1.29, 1.82) is 0 Å². The van der Waals surface area contributed by atoms with E-state index in [4.69, 9.17) is 0 Å². The zero-order chi connectivity index (χ0) is 8.97. The lowest BCUT2D eigenvalue weighted by molar-refractivity contribution is -0.120. The van der Waals surface area contributed by atoms with Crippen LogP contribution in [-0.4, -0.2) is 20.9 Å². The number of amides is 1. The summed E-state index contributed by atoms with van der Waals surface area (Å²) in [6.07, 6.45) is 3.43. The highest BCUT2D eigenvalue weighted by molar-refractivity contribution is 9.10. The van der Waals surface area contributed by atoms with Crippen molar-refractivity contribution in [3.63, 3.8) is 0 Å². The molecule has 0 aromatic carbocycles. The van der Waals surface area contributed by atoms with Gasteiger partial charge in [0.2, 0.25) is 5.91 Å². The van der Waals surface area contributed by atoms with E-state index in [9.17, 15) is 4.79 Å². The molecule has 1 amide bonds. The molecule has 0 spiro atoms. The quantitative estimate of drug-likeness (QED) is 0.757. The van der Waals surface area contributed by atoms with Gasteiger partial charge in [-0.1, -0.05) is 15.9 Å². The van der Waals surface area contributed by atoms with E-state index < -0.39 is 0 Å². The first-order valence-electron chi connectivity index (χ1n) is 3.59. The summed E-state index contributed by atoms with van der Waals surface area (Å²) in [5.41, 5.74) is 0.969. The number of rotatable bonds is 3. The van der Waals surface area contributed by atoms with Gasteiger partial charge < -0.3 is 5.32 Å². The molecule has 1 unspecified atom stereocenters. The van der Waals surface area contributed by atoms with Crippen molar-refractivity contribution in [1.82, 2.24) is 15.5 Å². The number of halogens is 1. The predicted octanol–water partition coefficient (Wildman–Crippen LogP) is 0.809. The fraction of sp³-hybridized carbons (Fsp3) is 0.429. The second-order valence-corrected chi connectivity index (χ2v) is 3.81. The van der Waals surface area contributed by atoms with Crippen molar-refractivity contribution in [2.45, 2.75) is 18.3 Å².